The largest absolute Gasteiger partial charge is 0.456 e. The molecule has 0 spiro atoms. The Morgan fingerprint density at radius 2 is 1.52 bits per heavy atom. The van der Waals surface area contributed by atoms with E-state index in [1.807, 2.05) is 0 Å². The lowest BCUT2D eigenvalue weighted by Crippen LogP contribution is -2.62. The number of ether oxygens (including phenoxy) is 1. The van der Waals surface area contributed by atoms with Gasteiger partial charge in [0.05, 0.1) is 0 Å². The van der Waals surface area contributed by atoms with Crippen LogP contribution in [0.1, 0.15) is 77.0 Å². The first-order valence-electron chi connectivity index (χ1n) is 10.8. The molecule has 6 heteroatoms. The minimum Gasteiger partial charge on any atom is -0.456 e. The number of imide groups is 1. The number of urea groups is 1. The summed E-state index contributed by atoms with van der Waals surface area (Å²) in [6, 6.07) is -0.441. The second-order valence-corrected chi connectivity index (χ2v) is 9.55. The van der Waals surface area contributed by atoms with Gasteiger partial charge in [-0.05, 0) is 68.6 Å². The zero-order valence-electron chi connectivity index (χ0n) is 16.1. The van der Waals surface area contributed by atoms with Crippen LogP contribution < -0.4 is 10.6 Å². The van der Waals surface area contributed by atoms with Gasteiger partial charge in [-0.25, -0.2) is 4.79 Å². The van der Waals surface area contributed by atoms with Crippen LogP contribution in [0.5, 0.6) is 0 Å². The molecule has 0 atom stereocenters. The van der Waals surface area contributed by atoms with Crippen LogP contribution in [-0.2, 0) is 14.3 Å². The quantitative estimate of drug-likeness (QED) is 0.697. The summed E-state index contributed by atoms with van der Waals surface area (Å²) >= 11 is 0. The fourth-order valence-corrected chi connectivity index (χ4v) is 6.54. The highest BCUT2D eigenvalue weighted by molar-refractivity contribution is 5.95. The summed E-state index contributed by atoms with van der Waals surface area (Å²) in [5, 5.41) is 5.44. The Morgan fingerprint density at radius 1 is 0.926 bits per heavy atom. The molecule has 6 nitrogen and oxygen atoms in total. The molecular weight excluding hydrogens is 344 g/mol. The third-order valence-corrected chi connectivity index (χ3v) is 7.27. The van der Waals surface area contributed by atoms with Crippen LogP contribution in [0.15, 0.2) is 0 Å². The van der Waals surface area contributed by atoms with Crippen molar-refractivity contribution in [3.63, 3.8) is 0 Å². The molecule has 5 aliphatic carbocycles. The molecule has 150 valence electrons. The van der Waals surface area contributed by atoms with E-state index in [-0.39, 0.29) is 18.1 Å². The Hall–Kier alpha value is -1.59. The number of hydrogen-bond donors (Lipinski definition) is 2. The molecule has 0 aromatic heterocycles. The zero-order valence-corrected chi connectivity index (χ0v) is 16.1. The SMILES string of the molecule is O=C(COC(=O)CCC1CCCC1)NC(=O)NC12CC3CC(CC(C3)C1)C2. The summed E-state index contributed by atoms with van der Waals surface area (Å²) in [4.78, 5) is 36.0. The first-order chi connectivity index (χ1) is 13.0. The lowest BCUT2D eigenvalue weighted by molar-refractivity contribution is -0.148. The van der Waals surface area contributed by atoms with Crippen LogP contribution in [0, 0.1) is 23.7 Å². The molecule has 0 saturated heterocycles. The van der Waals surface area contributed by atoms with Crippen molar-refractivity contribution in [2.45, 2.75) is 82.6 Å². The molecule has 0 aromatic carbocycles. The minimum atomic E-state index is -0.550. The Labute approximate surface area is 161 Å². The molecule has 5 saturated carbocycles. The van der Waals surface area contributed by atoms with Gasteiger partial charge >= 0.3 is 12.0 Å². The lowest BCUT2D eigenvalue weighted by atomic mass is 9.53. The minimum absolute atomic E-state index is 0.128. The predicted molar refractivity (Wildman–Crippen MR) is 99.7 cm³/mol. The fourth-order valence-electron chi connectivity index (χ4n) is 6.54. The van der Waals surface area contributed by atoms with Gasteiger partial charge in [0.1, 0.15) is 0 Å². The van der Waals surface area contributed by atoms with Crippen molar-refractivity contribution in [2.75, 3.05) is 6.61 Å². The molecular formula is C21H32N2O4. The summed E-state index contributed by atoms with van der Waals surface area (Å²) in [5.41, 5.74) is -0.128. The first-order valence-corrected chi connectivity index (χ1v) is 10.8. The number of hydrogen-bond acceptors (Lipinski definition) is 4. The second kappa shape index (κ2) is 7.80. The molecule has 0 heterocycles. The summed E-state index contributed by atoms with van der Waals surface area (Å²) < 4.78 is 5.03. The Bertz CT molecular complexity index is 562. The van der Waals surface area contributed by atoms with Crippen molar-refractivity contribution in [2.24, 2.45) is 23.7 Å². The first kappa shape index (κ1) is 18.8. The van der Waals surface area contributed by atoms with Crippen molar-refractivity contribution in [1.82, 2.24) is 10.6 Å². The van der Waals surface area contributed by atoms with Gasteiger partial charge in [-0.3, -0.25) is 14.9 Å². The molecule has 0 aromatic rings. The number of nitrogens with one attached hydrogen (secondary N) is 2. The van der Waals surface area contributed by atoms with Gasteiger partial charge in [0, 0.05) is 12.0 Å². The lowest BCUT2D eigenvalue weighted by Gasteiger charge is -2.56. The Balaban J connectivity index is 1.16. The number of carbonyl (C=O) groups excluding carboxylic acids is 3. The van der Waals surface area contributed by atoms with E-state index in [0.29, 0.717) is 12.3 Å². The highest BCUT2D eigenvalue weighted by Crippen LogP contribution is 2.55. The second-order valence-electron chi connectivity index (χ2n) is 9.55. The number of rotatable bonds is 6. The van der Waals surface area contributed by atoms with Gasteiger partial charge in [-0.2, -0.15) is 0 Å². The predicted octanol–water partition coefficient (Wildman–Crippen LogP) is 3.29. The summed E-state index contributed by atoms with van der Waals surface area (Å²) in [6.07, 6.45) is 13.1. The van der Waals surface area contributed by atoms with Crippen LogP contribution >= 0.6 is 0 Å². The third-order valence-electron chi connectivity index (χ3n) is 7.27. The molecule has 5 rings (SSSR count). The van der Waals surface area contributed by atoms with Crippen molar-refractivity contribution in [3.8, 4) is 0 Å². The van der Waals surface area contributed by atoms with E-state index in [9.17, 15) is 14.4 Å². The van der Waals surface area contributed by atoms with Crippen LogP contribution in [0.4, 0.5) is 4.79 Å². The summed E-state index contributed by atoms with van der Waals surface area (Å²) in [7, 11) is 0. The summed E-state index contributed by atoms with van der Waals surface area (Å²) in [5.74, 6) is 1.91. The van der Waals surface area contributed by atoms with Crippen molar-refractivity contribution in [3.05, 3.63) is 0 Å². The number of amides is 3. The van der Waals surface area contributed by atoms with E-state index in [2.05, 4.69) is 10.6 Å². The smallest absolute Gasteiger partial charge is 0.321 e. The average Bonchev–Trinajstić information content (AvgIpc) is 3.09. The molecule has 5 aliphatic rings. The third kappa shape index (κ3) is 4.64. The van der Waals surface area contributed by atoms with E-state index in [0.717, 1.165) is 43.4 Å². The molecule has 5 fully saturated rings. The molecule has 0 unspecified atom stereocenters. The van der Waals surface area contributed by atoms with E-state index >= 15 is 0 Å². The molecule has 27 heavy (non-hydrogen) atoms. The van der Waals surface area contributed by atoms with Gasteiger partial charge < -0.3 is 10.1 Å². The zero-order chi connectivity index (χ0) is 18.9. The van der Waals surface area contributed by atoms with Gasteiger partial charge in [-0.15, -0.1) is 0 Å². The summed E-state index contributed by atoms with van der Waals surface area (Å²) in [6.45, 7) is -0.377. The molecule has 3 amide bonds. The topological polar surface area (TPSA) is 84.5 Å². The average molecular weight is 376 g/mol. The normalized spacial score (nSPS) is 34.4. The Kier molecular flexibility index (Phi) is 5.42. The van der Waals surface area contributed by atoms with Crippen LogP contribution in [0.3, 0.4) is 0 Å². The monoisotopic (exact) mass is 376 g/mol. The standard InChI is InChI=1S/C21H32N2O4/c24-18(13-27-19(25)6-5-14-3-1-2-4-14)22-20(26)23-21-10-15-7-16(11-21)9-17(8-15)12-21/h14-17H,1-13H2,(H2,22,23,24,26). The maximum atomic E-state index is 12.3. The van der Waals surface area contributed by atoms with Gasteiger partial charge in [0.15, 0.2) is 6.61 Å². The van der Waals surface area contributed by atoms with E-state index < -0.39 is 11.9 Å². The van der Waals surface area contributed by atoms with Gasteiger partial charge in [-0.1, -0.05) is 25.7 Å². The van der Waals surface area contributed by atoms with Crippen molar-refractivity contribution < 1.29 is 19.1 Å². The highest BCUT2D eigenvalue weighted by atomic mass is 16.5. The number of carbonyl (C=O) groups is 3. The number of esters is 1. The maximum absolute atomic E-state index is 12.3. The van der Waals surface area contributed by atoms with E-state index in [1.165, 1.54) is 44.9 Å². The van der Waals surface area contributed by atoms with E-state index in [4.69, 9.17) is 4.74 Å². The van der Waals surface area contributed by atoms with Crippen LogP contribution in [-0.4, -0.2) is 30.1 Å². The van der Waals surface area contributed by atoms with E-state index in [1.54, 1.807) is 0 Å². The molecule has 2 N–H and O–H groups in total. The van der Waals surface area contributed by atoms with Gasteiger partial charge in [0.2, 0.25) is 0 Å². The molecule has 4 bridgehead atoms. The van der Waals surface area contributed by atoms with Crippen molar-refractivity contribution in [1.29, 1.82) is 0 Å². The maximum Gasteiger partial charge on any atom is 0.321 e. The van der Waals surface area contributed by atoms with Gasteiger partial charge in [0.25, 0.3) is 5.91 Å². The molecule has 0 radical (unpaired) electrons. The van der Waals surface area contributed by atoms with Crippen LogP contribution in [0.2, 0.25) is 0 Å². The fraction of sp³-hybridized carbons (Fsp3) is 0.857. The van der Waals surface area contributed by atoms with Crippen LogP contribution in [0.25, 0.3) is 0 Å². The highest BCUT2D eigenvalue weighted by Gasteiger charge is 2.51. The Morgan fingerprint density at radius 3 is 2.11 bits per heavy atom. The van der Waals surface area contributed by atoms with Crippen molar-refractivity contribution >= 4 is 17.9 Å². The molecule has 0 aliphatic heterocycles.